The molecule has 0 amide bonds. The van der Waals surface area contributed by atoms with Gasteiger partial charge in [0.2, 0.25) is 0 Å². The molecule has 0 spiro atoms. The zero-order valence-electron chi connectivity index (χ0n) is 10.0. The van der Waals surface area contributed by atoms with Crippen molar-refractivity contribution in [1.29, 1.82) is 0 Å². The van der Waals surface area contributed by atoms with E-state index in [2.05, 4.69) is 9.97 Å². The summed E-state index contributed by atoms with van der Waals surface area (Å²) in [6.45, 7) is 9.74. The van der Waals surface area contributed by atoms with Gasteiger partial charge in [-0.2, -0.15) is 4.73 Å². The predicted octanol–water partition coefficient (Wildman–Crippen LogP) is 3.03. The van der Waals surface area contributed by atoms with E-state index < -0.39 is 0 Å². The summed E-state index contributed by atoms with van der Waals surface area (Å²) < 4.78 is 1.03. The average molecular weight is 209 g/mol. The molecule has 0 bridgehead atoms. The van der Waals surface area contributed by atoms with Gasteiger partial charge in [-0.15, -0.1) is 0 Å². The van der Waals surface area contributed by atoms with Crippen LogP contribution in [0.4, 0.5) is 0 Å². The highest BCUT2D eigenvalue weighted by atomic mass is 16.5. The number of aromatic nitrogens is 3. The van der Waals surface area contributed by atoms with E-state index in [4.69, 9.17) is 0 Å². The fourth-order valence-corrected chi connectivity index (χ4v) is 1.03. The monoisotopic (exact) mass is 209 g/mol. The van der Waals surface area contributed by atoms with Crippen LogP contribution < -0.4 is 0 Å². The SMILES string of the molecule is CC.CC.Cc1nc2ccncc2n1O. The van der Waals surface area contributed by atoms with E-state index in [1.165, 1.54) is 0 Å². The van der Waals surface area contributed by atoms with Crippen molar-refractivity contribution in [2.24, 2.45) is 0 Å². The standard InChI is InChI=1S/C7H7N3O.2C2H6/c1-5-9-6-2-3-8-4-7(6)10(5)11;2*1-2/h2-4,11H,1H3;2*1-2H3. The Kier molecular flexibility index (Phi) is 6.09. The van der Waals surface area contributed by atoms with E-state index in [1.54, 1.807) is 25.4 Å². The Morgan fingerprint density at radius 3 is 2.33 bits per heavy atom. The van der Waals surface area contributed by atoms with Crippen molar-refractivity contribution < 1.29 is 5.21 Å². The summed E-state index contributed by atoms with van der Waals surface area (Å²) in [5.74, 6) is 0.577. The van der Waals surface area contributed by atoms with Gasteiger partial charge in [-0.1, -0.05) is 27.7 Å². The molecule has 0 aliphatic carbocycles. The molecule has 2 aromatic heterocycles. The lowest BCUT2D eigenvalue weighted by molar-refractivity contribution is 0.191. The van der Waals surface area contributed by atoms with Crippen molar-refractivity contribution >= 4 is 11.0 Å². The maximum Gasteiger partial charge on any atom is 0.142 e. The summed E-state index contributed by atoms with van der Waals surface area (Å²) in [4.78, 5) is 7.95. The number of fused-ring (bicyclic) bond motifs is 1. The van der Waals surface area contributed by atoms with Crippen molar-refractivity contribution in [2.75, 3.05) is 0 Å². The molecule has 4 heteroatoms. The van der Waals surface area contributed by atoms with Gasteiger partial charge in [0.1, 0.15) is 11.3 Å². The first-order valence-electron chi connectivity index (χ1n) is 5.27. The van der Waals surface area contributed by atoms with E-state index in [0.717, 1.165) is 10.2 Å². The largest absolute Gasteiger partial charge is 0.427 e. The molecule has 2 rings (SSSR count). The van der Waals surface area contributed by atoms with Crippen molar-refractivity contribution in [2.45, 2.75) is 34.6 Å². The van der Waals surface area contributed by atoms with Crippen LogP contribution in [0.15, 0.2) is 18.5 Å². The van der Waals surface area contributed by atoms with E-state index in [1.807, 2.05) is 27.7 Å². The van der Waals surface area contributed by atoms with Gasteiger partial charge < -0.3 is 5.21 Å². The van der Waals surface area contributed by atoms with Crippen LogP contribution in [0, 0.1) is 6.92 Å². The molecule has 15 heavy (non-hydrogen) atoms. The van der Waals surface area contributed by atoms with Crippen LogP contribution in [0.1, 0.15) is 33.5 Å². The number of hydrogen-bond acceptors (Lipinski definition) is 3. The number of nitrogens with zero attached hydrogens (tertiary/aromatic N) is 3. The molecule has 2 aromatic rings. The Hall–Kier alpha value is -1.58. The van der Waals surface area contributed by atoms with Crippen LogP contribution in [0.2, 0.25) is 0 Å². The molecular weight excluding hydrogens is 190 g/mol. The average Bonchev–Trinajstić information content (AvgIpc) is 2.61. The molecule has 0 aliphatic rings. The van der Waals surface area contributed by atoms with Crippen molar-refractivity contribution in [3.05, 3.63) is 24.3 Å². The summed E-state index contributed by atoms with van der Waals surface area (Å²) in [6, 6.07) is 1.76. The molecule has 1 N–H and O–H groups in total. The van der Waals surface area contributed by atoms with Crippen LogP contribution in [0.25, 0.3) is 11.0 Å². The molecule has 0 aliphatic heterocycles. The fraction of sp³-hybridized carbons (Fsp3) is 0.455. The number of imidazole rings is 1. The fourth-order valence-electron chi connectivity index (χ4n) is 1.03. The second-order valence-corrected chi connectivity index (χ2v) is 2.34. The predicted molar refractivity (Wildman–Crippen MR) is 62.1 cm³/mol. The lowest BCUT2D eigenvalue weighted by Crippen LogP contribution is -1.91. The Morgan fingerprint density at radius 1 is 1.20 bits per heavy atom. The zero-order valence-corrected chi connectivity index (χ0v) is 10.0. The minimum absolute atomic E-state index is 0.577. The van der Waals surface area contributed by atoms with Gasteiger partial charge in [-0.05, 0) is 13.0 Å². The van der Waals surface area contributed by atoms with E-state index in [0.29, 0.717) is 11.3 Å². The first-order chi connectivity index (χ1) is 7.29. The first kappa shape index (κ1) is 13.4. The highest BCUT2D eigenvalue weighted by Gasteiger charge is 2.03. The maximum absolute atomic E-state index is 9.31. The molecule has 0 saturated heterocycles. The molecule has 0 unspecified atom stereocenters. The van der Waals surface area contributed by atoms with Crippen LogP contribution in [-0.2, 0) is 0 Å². The number of pyridine rings is 1. The van der Waals surface area contributed by atoms with Gasteiger partial charge in [0.25, 0.3) is 0 Å². The Bertz CT molecular complexity index is 396. The zero-order chi connectivity index (χ0) is 11.8. The lowest BCUT2D eigenvalue weighted by atomic mass is 10.4. The highest BCUT2D eigenvalue weighted by molar-refractivity contribution is 5.73. The van der Waals surface area contributed by atoms with Gasteiger partial charge in [-0.25, -0.2) is 4.98 Å². The summed E-state index contributed by atoms with van der Waals surface area (Å²) in [6.07, 6.45) is 3.23. The normalized spacial score (nSPS) is 8.60. The summed E-state index contributed by atoms with van der Waals surface area (Å²) in [7, 11) is 0. The van der Waals surface area contributed by atoms with Crippen molar-refractivity contribution in [3.8, 4) is 0 Å². The summed E-state index contributed by atoms with van der Waals surface area (Å²) in [5, 5.41) is 9.31. The highest BCUT2D eigenvalue weighted by Crippen LogP contribution is 2.10. The third-order valence-corrected chi connectivity index (χ3v) is 1.59. The topological polar surface area (TPSA) is 50.9 Å². The quantitative estimate of drug-likeness (QED) is 0.678. The van der Waals surface area contributed by atoms with E-state index in [9.17, 15) is 5.21 Å². The van der Waals surface area contributed by atoms with Gasteiger partial charge in [0, 0.05) is 6.20 Å². The molecule has 0 atom stereocenters. The second kappa shape index (κ2) is 6.81. The lowest BCUT2D eigenvalue weighted by Gasteiger charge is -1.91. The maximum atomic E-state index is 9.31. The van der Waals surface area contributed by atoms with Gasteiger partial charge >= 0.3 is 0 Å². The molecule has 84 valence electrons. The Labute approximate surface area is 90.6 Å². The van der Waals surface area contributed by atoms with Crippen molar-refractivity contribution in [3.63, 3.8) is 0 Å². The van der Waals surface area contributed by atoms with E-state index in [-0.39, 0.29) is 0 Å². The van der Waals surface area contributed by atoms with Gasteiger partial charge in [0.15, 0.2) is 0 Å². The first-order valence-corrected chi connectivity index (χ1v) is 5.27. The minimum atomic E-state index is 0.577. The number of hydrogen-bond donors (Lipinski definition) is 1. The summed E-state index contributed by atoms with van der Waals surface area (Å²) in [5.41, 5.74) is 1.41. The molecule has 0 saturated carbocycles. The van der Waals surface area contributed by atoms with Crippen LogP contribution in [-0.4, -0.2) is 19.9 Å². The van der Waals surface area contributed by atoms with E-state index >= 15 is 0 Å². The van der Waals surface area contributed by atoms with Crippen molar-refractivity contribution in [1.82, 2.24) is 14.7 Å². The third-order valence-electron chi connectivity index (χ3n) is 1.59. The summed E-state index contributed by atoms with van der Waals surface area (Å²) >= 11 is 0. The molecular formula is C11H19N3O. The molecule has 2 heterocycles. The van der Waals surface area contributed by atoms with Crippen LogP contribution in [0.3, 0.4) is 0 Å². The molecule has 0 fully saturated rings. The van der Waals surface area contributed by atoms with Gasteiger partial charge in [-0.3, -0.25) is 4.98 Å². The van der Waals surface area contributed by atoms with Crippen LogP contribution in [0.5, 0.6) is 0 Å². The minimum Gasteiger partial charge on any atom is -0.427 e. The van der Waals surface area contributed by atoms with Gasteiger partial charge in [0.05, 0.1) is 11.7 Å². The number of rotatable bonds is 0. The number of aryl methyl sites for hydroxylation is 1. The van der Waals surface area contributed by atoms with Crippen LogP contribution >= 0.6 is 0 Å². The Balaban J connectivity index is 0.000000442. The molecule has 0 aromatic carbocycles. The second-order valence-electron chi connectivity index (χ2n) is 2.34. The molecule has 0 radical (unpaired) electrons. The smallest absolute Gasteiger partial charge is 0.142 e. The Morgan fingerprint density at radius 2 is 1.80 bits per heavy atom. The molecule has 4 nitrogen and oxygen atoms in total. The third kappa shape index (κ3) is 2.94.